The lowest BCUT2D eigenvalue weighted by Gasteiger charge is -2.44. The second-order valence-corrected chi connectivity index (χ2v) is 8.18. The molecule has 2 saturated heterocycles. The minimum absolute atomic E-state index is 0.0275. The lowest BCUT2D eigenvalue weighted by atomic mass is 9.77. The van der Waals surface area contributed by atoms with Crippen molar-refractivity contribution in [3.05, 3.63) is 34.1 Å². The van der Waals surface area contributed by atoms with E-state index in [4.69, 9.17) is 10.5 Å². The summed E-state index contributed by atoms with van der Waals surface area (Å²) >= 11 is 5.20. The second kappa shape index (κ2) is 6.57. The van der Waals surface area contributed by atoms with E-state index >= 15 is 0 Å². The summed E-state index contributed by atoms with van der Waals surface area (Å²) in [4.78, 5) is 0. The van der Waals surface area contributed by atoms with Crippen molar-refractivity contribution in [2.75, 3.05) is 18.1 Å². The van der Waals surface area contributed by atoms with Gasteiger partial charge in [0.2, 0.25) is 0 Å². The van der Waals surface area contributed by atoms with Crippen LogP contribution in [0.5, 0.6) is 0 Å². The molecule has 0 aliphatic carbocycles. The van der Waals surface area contributed by atoms with Crippen LogP contribution in [0.25, 0.3) is 0 Å². The van der Waals surface area contributed by atoms with Crippen LogP contribution in [-0.2, 0) is 4.74 Å². The van der Waals surface area contributed by atoms with Gasteiger partial charge in [-0.25, -0.2) is 4.39 Å². The van der Waals surface area contributed by atoms with E-state index in [0.29, 0.717) is 10.4 Å². The predicted octanol–water partition coefficient (Wildman–Crippen LogP) is 4.28. The van der Waals surface area contributed by atoms with Crippen LogP contribution in [-0.4, -0.2) is 23.7 Å². The first kappa shape index (κ1) is 15.8. The Bertz CT molecular complexity index is 502. The molecule has 21 heavy (non-hydrogen) atoms. The van der Waals surface area contributed by atoms with E-state index in [9.17, 15) is 4.39 Å². The molecule has 116 valence electrons. The van der Waals surface area contributed by atoms with Gasteiger partial charge in [0.15, 0.2) is 0 Å². The first-order chi connectivity index (χ1) is 10.1. The molecule has 0 saturated carbocycles. The van der Waals surface area contributed by atoms with Crippen molar-refractivity contribution in [1.82, 2.24) is 0 Å². The summed E-state index contributed by atoms with van der Waals surface area (Å²) in [5.41, 5.74) is 7.36. The van der Waals surface area contributed by atoms with Crippen LogP contribution in [0.1, 0.15) is 37.3 Å². The van der Waals surface area contributed by atoms with Gasteiger partial charge in [-0.1, -0.05) is 6.07 Å². The summed E-state index contributed by atoms with van der Waals surface area (Å²) in [6.07, 6.45) is 4.21. The molecule has 1 aromatic rings. The lowest BCUT2D eigenvalue weighted by Crippen LogP contribution is -2.45. The van der Waals surface area contributed by atoms with Crippen LogP contribution in [0.15, 0.2) is 22.7 Å². The largest absolute Gasteiger partial charge is 0.375 e. The van der Waals surface area contributed by atoms with Crippen molar-refractivity contribution in [2.24, 2.45) is 11.7 Å². The smallest absolute Gasteiger partial charge is 0.137 e. The van der Waals surface area contributed by atoms with Crippen LogP contribution in [0.3, 0.4) is 0 Å². The normalized spacial score (nSPS) is 26.7. The second-order valence-electron chi connectivity index (χ2n) is 6.10. The highest BCUT2D eigenvalue weighted by atomic mass is 79.9. The van der Waals surface area contributed by atoms with Gasteiger partial charge >= 0.3 is 0 Å². The number of thioether (sulfide) groups is 1. The summed E-state index contributed by atoms with van der Waals surface area (Å²) < 4.78 is 20.3. The summed E-state index contributed by atoms with van der Waals surface area (Å²) in [5, 5.41) is 0. The summed E-state index contributed by atoms with van der Waals surface area (Å²) in [7, 11) is 0. The van der Waals surface area contributed by atoms with E-state index in [2.05, 4.69) is 15.9 Å². The van der Waals surface area contributed by atoms with Gasteiger partial charge in [0, 0.05) is 12.6 Å². The molecule has 0 radical (unpaired) electrons. The van der Waals surface area contributed by atoms with Gasteiger partial charge in [0.05, 0.1) is 10.1 Å². The van der Waals surface area contributed by atoms with Gasteiger partial charge in [0.25, 0.3) is 0 Å². The molecule has 1 aromatic carbocycles. The maximum atomic E-state index is 13.7. The lowest BCUT2D eigenvalue weighted by molar-refractivity contribution is -0.105. The number of hydrogen-bond acceptors (Lipinski definition) is 3. The van der Waals surface area contributed by atoms with E-state index < -0.39 is 0 Å². The quantitative estimate of drug-likeness (QED) is 0.839. The molecule has 2 N–H and O–H groups in total. The molecule has 2 heterocycles. The summed E-state index contributed by atoms with van der Waals surface area (Å²) in [6, 6.07) is 5.13. The molecule has 2 atom stereocenters. The third kappa shape index (κ3) is 3.46. The fourth-order valence-electron chi connectivity index (χ4n) is 3.46. The number of nitrogens with two attached hydrogens (primary N) is 1. The highest BCUT2D eigenvalue weighted by Crippen LogP contribution is 2.43. The van der Waals surface area contributed by atoms with Gasteiger partial charge in [-0.2, -0.15) is 11.8 Å². The summed E-state index contributed by atoms with van der Waals surface area (Å²) in [6.45, 7) is 0.780. The SMILES string of the molecule is NC(c1ccc(Br)c(F)c1)C1CCOC2(CCSCC2)C1. The van der Waals surface area contributed by atoms with Crippen LogP contribution in [0.2, 0.25) is 0 Å². The molecule has 0 aromatic heterocycles. The predicted molar refractivity (Wildman–Crippen MR) is 89.0 cm³/mol. The minimum atomic E-state index is -0.237. The maximum absolute atomic E-state index is 13.7. The van der Waals surface area contributed by atoms with Crippen molar-refractivity contribution < 1.29 is 9.13 Å². The zero-order valence-corrected chi connectivity index (χ0v) is 14.4. The van der Waals surface area contributed by atoms with E-state index in [1.165, 1.54) is 11.5 Å². The number of ether oxygens (including phenoxy) is 1. The highest BCUT2D eigenvalue weighted by molar-refractivity contribution is 9.10. The van der Waals surface area contributed by atoms with Crippen molar-refractivity contribution in [2.45, 2.75) is 37.3 Å². The average molecular weight is 374 g/mol. The number of halogens is 2. The fraction of sp³-hybridized carbons (Fsp3) is 0.625. The van der Waals surface area contributed by atoms with Crippen LogP contribution >= 0.6 is 27.7 Å². The van der Waals surface area contributed by atoms with Crippen molar-refractivity contribution >= 4 is 27.7 Å². The highest BCUT2D eigenvalue weighted by Gasteiger charge is 2.40. The van der Waals surface area contributed by atoms with E-state index in [0.717, 1.165) is 37.9 Å². The van der Waals surface area contributed by atoms with Gasteiger partial charge < -0.3 is 10.5 Å². The Kier molecular flexibility index (Phi) is 4.94. The Labute approximate surface area is 138 Å². The van der Waals surface area contributed by atoms with Crippen molar-refractivity contribution in [1.29, 1.82) is 0 Å². The number of hydrogen-bond donors (Lipinski definition) is 1. The first-order valence-corrected chi connectivity index (χ1v) is 9.47. The monoisotopic (exact) mass is 373 g/mol. The van der Waals surface area contributed by atoms with Gasteiger partial charge in [-0.05, 0) is 76.7 Å². The zero-order valence-electron chi connectivity index (χ0n) is 12.0. The molecule has 0 bridgehead atoms. The third-order valence-corrected chi connectivity index (χ3v) is 6.40. The van der Waals surface area contributed by atoms with Crippen molar-refractivity contribution in [3.63, 3.8) is 0 Å². The van der Waals surface area contributed by atoms with Gasteiger partial charge in [0.1, 0.15) is 5.82 Å². The minimum Gasteiger partial charge on any atom is -0.375 e. The van der Waals surface area contributed by atoms with E-state index in [1.54, 1.807) is 12.1 Å². The molecule has 2 aliphatic heterocycles. The zero-order chi connectivity index (χ0) is 14.9. The van der Waals surface area contributed by atoms with Crippen LogP contribution < -0.4 is 5.73 Å². The Morgan fingerprint density at radius 3 is 2.86 bits per heavy atom. The fourth-order valence-corrected chi connectivity index (χ4v) is 4.94. The van der Waals surface area contributed by atoms with E-state index in [-0.39, 0.29) is 17.5 Å². The van der Waals surface area contributed by atoms with Crippen molar-refractivity contribution in [3.8, 4) is 0 Å². The first-order valence-electron chi connectivity index (χ1n) is 7.52. The molecule has 2 aliphatic rings. The Balaban J connectivity index is 1.74. The Morgan fingerprint density at radius 2 is 2.14 bits per heavy atom. The van der Waals surface area contributed by atoms with E-state index in [1.807, 2.05) is 17.8 Å². The summed E-state index contributed by atoms with van der Waals surface area (Å²) in [5.74, 6) is 2.49. The molecular weight excluding hydrogens is 353 g/mol. The number of benzene rings is 1. The van der Waals surface area contributed by atoms with Crippen LogP contribution in [0, 0.1) is 11.7 Å². The Hall–Kier alpha value is -0.100. The van der Waals surface area contributed by atoms with Gasteiger partial charge in [-0.15, -0.1) is 0 Å². The topological polar surface area (TPSA) is 35.2 Å². The van der Waals surface area contributed by atoms with Gasteiger partial charge in [-0.3, -0.25) is 0 Å². The van der Waals surface area contributed by atoms with Crippen LogP contribution in [0.4, 0.5) is 4.39 Å². The Morgan fingerprint density at radius 1 is 1.38 bits per heavy atom. The molecule has 0 amide bonds. The average Bonchev–Trinajstić information content (AvgIpc) is 2.50. The molecule has 2 nitrogen and oxygen atoms in total. The molecule has 3 rings (SSSR count). The molecule has 2 fully saturated rings. The molecular formula is C16H21BrFNOS. The molecule has 1 spiro atoms. The third-order valence-electron chi connectivity index (χ3n) is 4.77. The standard InChI is InChI=1S/C16H21BrFNOS/c17-13-2-1-11(9-14(13)18)15(19)12-3-6-20-16(10-12)4-7-21-8-5-16/h1-2,9,12,15H,3-8,10,19H2. The molecule has 2 unspecified atom stereocenters. The molecule has 5 heteroatoms. The maximum Gasteiger partial charge on any atom is 0.137 e. The number of rotatable bonds is 2.